The van der Waals surface area contributed by atoms with Crippen molar-refractivity contribution in [3.05, 3.63) is 46.6 Å². The van der Waals surface area contributed by atoms with Crippen molar-refractivity contribution in [2.24, 2.45) is 0 Å². The van der Waals surface area contributed by atoms with Crippen molar-refractivity contribution in [1.82, 2.24) is 14.8 Å². The molecule has 21 heavy (non-hydrogen) atoms. The SMILES string of the molecule is O=C(Cn1ccc2cc(F)ccc2c1=O)N1CCNCC1. The van der Waals surface area contributed by atoms with Crippen LogP contribution in [0.2, 0.25) is 0 Å². The number of hydrogen-bond donors (Lipinski definition) is 1. The van der Waals surface area contributed by atoms with Gasteiger partial charge in [-0.15, -0.1) is 0 Å². The van der Waals surface area contributed by atoms with Gasteiger partial charge in [-0.25, -0.2) is 4.39 Å². The van der Waals surface area contributed by atoms with Crippen molar-refractivity contribution >= 4 is 16.7 Å². The molecule has 0 radical (unpaired) electrons. The fourth-order valence-electron chi connectivity index (χ4n) is 2.54. The standard InChI is InChI=1S/C15H16FN3O2/c16-12-1-2-13-11(9-12)3-6-19(15(13)21)10-14(20)18-7-4-17-5-8-18/h1-3,6,9,17H,4-5,7-8,10H2. The van der Waals surface area contributed by atoms with Crippen LogP contribution in [0.5, 0.6) is 0 Å². The summed E-state index contributed by atoms with van der Waals surface area (Å²) in [5.74, 6) is -0.448. The smallest absolute Gasteiger partial charge is 0.258 e. The number of carbonyl (C=O) groups is 1. The fourth-order valence-corrected chi connectivity index (χ4v) is 2.54. The van der Waals surface area contributed by atoms with Crippen LogP contribution in [0.25, 0.3) is 10.8 Å². The summed E-state index contributed by atoms with van der Waals surface area (Å²) in [6.45, 7) is 2.89. The van der Waals surface area contributed by atoms with E-state index in [0.29, 0.717) is 23.9 Å². The Balaban J connectivity index is 1.87. The summed E-state index contributed by atoms with van der Waals surface area (Å²) >= 11 is 0. The van der Waals surface area contributed by atoms with Crippen molar-refractivity contribution in [2.75, 3.05) is 26.2 Å². The molecule has 5 nitrogen and oxygen atoms in total. The topological polar surface area (TPSA) is 54.3 Å². The van der Waals surface area contributed by atoms with Gasteiger partial charge >= 0.3 is 0 Å². The largest absolute Gasteiger partial charge is 0.339 e. The predicted octanol–water partition coefficient (Wildman–Crippen LogP) is 0.572. The maximum Gasteiger partial charge on any atom is 0.258 e. The molecule has 0 aliphatic carbocycles. The second-order valence-corrected chi connectivity index (χ2v) is 5.11. The summed E-state index contributed by atoms with van der Waals surface area (Å²) in [7, 11) is 0. The van der Waals surface area contributed by atoms with Gasteiger partial charge in [0.1, 0.15) is 12.4 Å². The van der Waals surface area contributed by atoms with Gasteiger partial charge < -0.3 is 14.8 Å². The number of hydrogen-bond acceptors (Lipinski definition) is 3. The number of amides is 1. The first-order chi connectivity index (χ1) is 10.1. The van der Waals surface area contributed by atoms with Crippen LogP contribution in [0, 0.1) is 5.82 Å². The minimum Gasteiger partial charge on any atom is -0.339 e. The fraction of sp³-hybridized carbons (Fsp3) is 0.333. The van der Waals surface area contributed by atoms with Crippen LogP contribution in [0.15, 0.2) is 35.3 Å². The van der Waals surface area contributed by atoms with Crippen molar-refractivity contribution in [3.8, 4) is 0 Å². The first kappa shape index (κ1) is 13.8. The van der Waals surface area contributed by atoms with Crippen molar-refractivity contribution in [3.63, 3.8) is 0 Å². The van der Waals surface area contributed by atoms with Gasteiger partial charge in [-0.1, -0.05) is 0 Å². The van der Waals surface area contributed by atoms with Gasteiger partial charge in [0.2, 0.25) is 5.91 Å². The quantitative estimate of drug-likeness (QED) is 0.879. The maximum absolute atomic E-state index is 13.1. The number of fused-ring (bicyclic) bond motifs is 1. The Morgan fingerprint density at radius 3 is 2.76 bits per heavy atom. The molecule has 0 saturated carbocycles. The van der Waals surface area contributed by atoms with E-state index < -0.39 is 0 Å². The molecule has 1 N–H and O–H groups in total. The third-order valence-electron chi connectivity index (χ3n) is 3.71. The monoisotopic (exact) mass is 289 g/mol. The number of benzene rings is 1. The van der Waals surface area contributed by atoms with Gasteiger partial charge in [-0.2, -0.15) is 0 Å². The summed E-state index contributed by atoms with van der Waals surface area (Å²) in [5.41, 5.74) is -0.268. The lowest BCUT2D eigenvalue weighted by atomic mass is 10.1. The Morgan fingerprint density at radius 1 is 1.24 bits per heavy atom. The summed E-state index contributed by atoms with van der Waals surface area (Å²) in [4.78, 5) is 26.3. The molecule has 0 unspecified atom stereocenters. The van der Waals surface area contributed by atoms with Gasteiger partial charge in [-0.05, 0) is 29.7 Å². The van der Waals surface area contributed by atoms with Crippen molar-refractivity contribution in [1.29, 1.82) is 0 Å². The van der Waals surface area contributed by atoms with Crippen LogP contribution in [-0.2, 0) is 11.3 Å². The second kappa shape index (κ2) is 5.65. The van der Waals surface area contributed by atoms with E-state index in [1.54, 1.807) is 17.2 Å². The van der Waals surface area contributed by atoms with Crippen molar-refractivity contribution < 1.29 is 9.18 Å². The first-order valence-corrected chi connectivity index (χ1v) is 6.92. The highest BCUT2D eigenvalue weighted by atomic mass is 19.1. The molecule has 0 spiro atoms. The number of halogens is 1. The molecular formula is C15H16FN3O2. The maximum atomic E-state index is 13.1. The average molecular weight is 289 g/mol. The molecule has 2 aromatic rings. The molecule has 1 aliphatic rings. The van der Waals surface area contributed by atoms with E-state index in [1.807, 2.05) is 0 Å². The van der Waals surface area contributed by atoms with Crippen molar-refractivity contribution in [2.45, 2.75) is 6.54 Å². The Labute approximate surface area is 121 Å². The molecule has 6 heteroatoms. The predicted molar refractivity (Wildman–Crippen MR) is 77.6 cm³/mol. The third kappa shape index (κ3) is 2.80. The first-order valence-electron chi connectivity index (χ1n) is 6.92. The van der Waals surface area contributed by atoms with Crippen LogP contribution in [0.3, 0.4) is 0 Å². The van der Waals surface area contributed by atoms with Gasteiger partial charge in [0.05, 0.1) is 0 Å². The van der Waals surface area contributed by atoms with Gasteiger partial charge in [-0.3, -0.25) is 9.59 Å². The lowest BCUT2D eigenvalue weighted by molar-refractivity contribution is -0.132. The van der Waals surface area contributed by atoms with Crippen LogP contribution < -0.4 is 10.9 Å². The summed E-state index contributed by atoms with van der Waals surface area (Å²) in [6.07, 6.45) is 1.55. The number of aromatic nitrogens is 1. The number of rotatable bonds is 2. The van der Waals surface area contributed by atoms with Crippen LogP contribution in [0.4, 0.5) is 4.39 Å². The Bertz CT molecular complexity index is 735. The number of nitrogens with zero attached hydrogens (tertiary/aromatic N) is 2. The minimum atomic E-state index is -0.378. The molecule has 0 atom stereocenters. The Kier molecular flexibility index (Phi) is 3.70. The minimum absolute atomic E-state index is 0.0200. The number of carbonyl (C=O) groups excluding carboxylic acids is 1. The highest BCUT2D eigenvalue weighted by Gasteiger charge is 2.17. The zero-order chi connectivity index (χ0) is 14.8. The number of nitrogens with one attached hydrogen (secondary N) is 1. The molecule has 1 aromatic carbocycles. The molecule has 1 fully saturated rings. The van der Waals surface area contributed by atoms with Gasteiger partial charge in [0.15, 0.2) is 0 Å². The molecule has 3 rings (SSSR count). The van der Waals surface area contributed by atoms with E-state index in [0.717, 1.165) is 13.1 Å². The third-order valence-corrected chi connectivity index (χ3v) is 3.71. The molecule has 1 aliphatic heterocycles. The zero-order valence-corrected chi connectivity index (χ0v) is 11.5. The Morgan fingerprint density at radius 2 is 2.00 bits per heavy atom. The van der Waals surface area contributed by atoms with Crippen LogP contribution in [-0.4, -0.2) is 41.6 Å². The van der Waals surface area contributed by atoms with Gasteiger partial charge in [0, 0.05) is 37.8 Å². The highest BCUT2D eigenvalue weighted by molar-refractivity contribution is 5.82. The van der Waals surface area contributed by atoms with E-state index in [4.69, 9.17) is 0 Å². The van der Waals surface area contributed by atoms with E-state index in [9.17, 15) is 14.0 Å². The van der Waals surface area contributed by atoms with E-state index in [2.05, 4.69) is 5.32 Å². The van der Waals surface area contributed by atoms with Crippen LogP contribution in [0.1, 0.15) is 0 Å². The molecule has 2 heterocycles. The lowest BCUT2D eigenvalue weighted by Gasteiger charge is -2.27. The second-order valence-electron chi connectivity index (χ2n) is 5.11. The molecular weight excluding hydrogens is 273 g/mol. The average Bonchev–Trinajstić information content (AvgIpc) is 2.51. The van der Waals surface area contributed by atoms with E-state index in [1.165, 1.54) is 22.8 Å². The zero-order valence-electron chi connectivity index (χ0n) is 11.5. The van der Waals surface area contributed by atoms with E-state index >= 15 is 0 Å². The molecule has 1 aromatic heterocycles. The van der Waals surface area contributed by atoms with E-state index in [-0.39, 0.29) is 23.8 Å². The summed E-state index contributed by atoms with van der Waals surface area (Å²) < 4.78 is 14.5. The summed E-state index contributed by atoms with van der Waals surface area (Å²) in [5, 5.41) is 4.15. The highest BCUT2D eigenvalue weighted by Crippen LogP contribution is 2.11. The number of piperazine rings is 1. The molecule has 0 bridgehead atoms. The number of pyridine rings is 1. The lowest BCUT2D eigenvalue weighted by Crippen LogP contribution is -2.48. The Hall–Kier alpha value is -2.21. The summed E-state index contributed by atoms with van der Waals surface area (Å²) in [6, 6.07) is 5.69. The molecule has 1 saturated heterocycles. The van der Waals surface area contributed by atoms with Gasteiger partial charge in [0.25, 0.3) is 5.56 Å². The molecule has 110 valence electrons. The van der Waals surface area contributed by atoms with Crippen LogP contribution >= 0.6 is 0 Å². The molecule has 1 amide bonds. The normalized spacial score (nSPS) is 15.4.